The minimum Gasteiger partial charge on any atom is -0.495 e. The van der Waals surface area contributed by atoms with Gasteiger partial charge in [-0.1, -0.05) is 52.0 Å². The Bertz CT molecular complexity index is 820. The zero-order valence-corrected chi connectivity index (χ0v) is 16.4. The summed E-state index contributed by atoms with van der Waals surface area (Å²) in [4.78, 5) is 0.175. The number of methoxy groups -OCH3 is 1. The van der Waals surface area contributed by atoms with Crippen LogP contribution in [-0.2, 0) is 22.9 Å². The van der Waals surface area contributed by atoms with Crippen LogP contribution in [-0.4, -0.2) is 15.5 Å². The predicted molar refractivity (Wildman–Crippen MR) is 103 cm³/mol. The van der Waals surface area contributed by atoms with Crippen molar-refractivity contribution in [1.82, 2.24) is 0 Å². The van der Waals surface area contributed by atoms with Gasteiger partial charge in [0.05, 0.1) is 12.8 Å². The van der Waals surface area contributed by atoms with Gasteiger partial charge in [0.25, 0.3) is 10.0 Å². The van der Waals surface area contributed by atoms with Gasteiger partial charge in [0, 0.05) is 0 Å². The van der Waals surface area contributed by atoms with E-state index in [9.17, 15) is 8.42 Å². The molecule has 0 saturated carbocycles. The Balaban J connectivity index is 2.56. The molecule has 0 fully saturated rings. The summed E-state index contributed by atoms with van der Waals surface area (Å²) in [5.41, 5.74) is 3.62. The summed E-state index contributed by atoms with van der Waals surface area (Å²) in [5.74, 6) is 0.581. The van der Waals surface area contributed by atoms with Crippen LogP contribution in [0.5, 0.6) is 5.75 Å². The number of anilines is 1. The molecule has 0 radical (unpaired) electrons. The first kappa shape index (κ1) is 19.3. The summed E-state index contributed by atoms with van der Waals surface area (Å²) in [6.07, 6.45) is 1.52. The van der Waals surface area contributed by atoms with Crippen molar-refractivity contribution < 1.29 is 13.2 Å². The van der Waals surface area contributed by atoms with E-state index >= 15 is 0 Å². The molecule has 0 aliphatic rings. The van der Waals surface area contributed by atoms with Gasteiger partial charge >= 0.3 is 0 Å². The molecule has 2 rings (SSSR count). The quantitative estimate of drug-likeness (QED) is 0.774. The van der Waals surface area contributed by atoms with Crippen molar-refractivity contribution in [3.8, 4) is 5.75 Å². The van der Waals surface area contributed by atoms with Crippen LogP contribution in [0.1, 0.15) is 50.3 Å². The Morgan fingerprint density at radius 3 is 2.12 bits per heavy atom. The van der Waals surface area contributed by atoms with Gasteiger partial charge in [0.15, 0.2) is 0 Å². The van der Waals surface area contributed by atoms with E-state index in [0.29, 0.717) is 11.4 Å². The third kappa shape index (κ3) is 4.15. The predicted octanol–water partition coefficient (Wildman–Crippen LogP) is 4.74. The Kier molecular flexibility index (Phi) is 6.11. The lowest BCUT2D eigenvalue weighted by Gasteiger charge is -2.18. The number of para-hydroxylation sites is 1. The number of aryl methyl sites for hydroxylation is 2. The van der Waals surface area contributed by atoms with E-state index < -0.39 is 10.0 Å². The van der Waals surface area contributed by atoms with Crippen LogP contribution in [0.15, 0.2) is 41.3 Å². The average molecular weight is 362 g/mol. The molecule has 0 aliphatic heterocycles. The normalized spacial score (nSPS) is 11.6. The molecular weight excluding hydrogens is 334 g/mol. The van der Waals surface area contributed by atoms with E-state index in [-0.39, 0.29) is 10.8 Å². The number of benzene rings is 2. The molecule has 5 heteroatoms. The first-order chi connectivity index (χ1) is 11.8. The second-order valence-electron chi connectivity index (χ2n) is 6.33. The van der Waals surface area contributed by atoms with Gasteiger partial charge in [-0.3, -0.25) is 4.72 Å². The molecule has 0 unspecified atom stereocenters. The maximum atomic E-state index is 13.1. The average Bonchev–Trinajstić information content (AvgIpc) is 2.60. The zero-order chi connectivity index (χ0) is 18.6. The lowest BCUT2D eigenvalue weighted by Crippen LogP contribution is -2.17. The molecule has 0 bridgehead atoms. The number of rotatable bonds is 7. The van der Waals surface area contributed by atoms with Crippen LogP contribution in [0.4, 0.5) is 5.69 Å². The van der Waals surface area contributed by atoms with E-state index in [0.717, 1.165) is 29.5 Å². The fourth-order valence-corrected chi connectivity index (χ4v) is 4.17. The van der Waals surface area contributed by atoms with E-state index in [1.165, 1.54) is 7.11 Å². The van der Waals surface area contributed by atoms with E-state index in [1.807, 2.05) is 52.0 Å². The van der Waals surface area contributed by atoms with Crippen molar-refractivity contribution in [1.29, 1.82) is 0 Å². The van der Waals surface area contributed by atoms with Crippen LogP contribution in [0.3, 0.4) is 0 Å². The Labute approximate surface area is 151 Å². The monoisotopic (exact) mass is 361 g/mol. The molecule has 0 aromatic heterocycles. The molecule has 0 saturated heterocycles. The zero-order valence-electron chi connectivity index (χ0n) is 15.6. The number of ether oxygens (including phenoxy) is 1. The molecule has 0 amide bonds. The maximum absolute atomic E-state index is 13.1. The van der Waals surface area contributed by atoms with Gasteiger partial charge in [-0.25, -0.2) is 8.42 Å². The van der Waals surface area contributed by atoms with Gasteiger partial charge in [-0.05, 0) is 47.6 Å². The second-order valence-corrected chi connectivity index (χ2v) is 7.98. The molecule has 4 nitrogen and oxygen atoms in total. The summed E-state index contributed by atoms with van der Waals surface area (Å²) in [5, 5.41) is 0. The highest BCUT2D eigenvalue weighted by Crippen LogP contribution is 2.31. The molecule has 2 aromatic rings. The third-order valence-corrected chi connectivity index (χ3v) is 5.75. The highest BCUT2D eigenvalue weighted by Gasteiger charge is 2.23. The maximum Gasteiger partial charge on any atom is 0.265 e. The van der Waals surface area contributed by atoms with Crippen molar-refractivity contribution in [2.24, 2.45) is 0 Å². The Morgan fingerprint density at radius 1 is 1.04 bits per heavy atom. The molecule has 136 valence electrons. The lowest BCUT2D eigenvalue weighted by molar-refractivity contribution is 0.402. The van der Waals surface area contributed by atoms with Crippen molar-refractivity contribution in [2.45, 2.75) is 51.3 Å². The fourth-order valence-electron chi connectivity index (χ4n) is 2.83. The van der Waals surface area contributed by atoms with Gasteiger partial charge in [-0.15, -0.1) is 0 Å². The minimum absolute atomic E-state index is 0.175. The van der Waals surface area contributed by atoms with E-state index in [1.54, 1.807) is 12.1 Å². The molecule has 0 aliphatic carbocycles. The highest BCUT2D eigenvalue weighted by molar-refractivity contribution is 7.92. The van der Waals surface area contributed by atoms with Crippen molar-refractivity contribution in [3.05, 3.63) is 53.1 Å². The smallest absolute Gasteiger partial charge is 0.265 e. The first-order valence-electron chi connectivity index (χ1n) is 8.65. The highest BCUT2D eigenvalue weighted by atomic mass is 32.2. The molecule has 0 atom stereocenters. The van der Waals surface area contributed by atoms with Crippen molar-refractivity contribution in [2.75, 3.05) is 11.8 Å². The molecule has 0 heterocycles. The molecule has 1 N–H and O–H groups in total. The SMILES string of the molecule is CCc1cccc(CC)c1NS(=O)(=O)c1cc(C(C)C)ccc1OC. The van der Waals surface area contributed by atoms with Gasteiger partial charge in [-0.2, -0.15) is 0 Å². The minimum atomic E-state index is -3.75. The topological polar surface area (TPSA) is 55.4 Å². The molecule has 25 heavy (non-hydrogen) atoms. The number of hydrogen-bond donors (Lipinski definition) is 1. The van der Waals surface area contributed by atoms with Crippen LogP contribution in [0, 0.1) is 0 Å². The second kappa shape index (κ2) is 7.91. The van der Waals surface area contributed by atoms with Gasteiger partial charge in [0.1, 0.15) is 10.6 Å². The summed E-state index contributed by atoms with van der Waals surface area (Å²) in [6, 6.07) is 11.2. The van der Waals surface area contributed by atoms with E-state index in [2.05, 4.69) is 4.72 Å². The molecular formula is C20H27NO3S. The standard InChI is InChI=1S/C20H27NO3S/c1-6-15-9-8-10-16(7-2)20(15)21-25(22,23)19-13-17(14(3)4)11-12-18(19)24-5/h8-14,21H,6-7H2,1-5H3. The van der Waals surface area contributed by atoms with Gasteiger partial charge in [0.2, 0.25) is 0 Å². The van der Waals surface area contributed by atoms with Gasteiger partial charge < -0.3 is 4.74 Å². The molecule has 2 aromatic carbocycles. The number of nitrogens with one attached hydrogen (secondary N) is 1. The molecule has 0 spiro atoms. The fraction of sp³-hybridized carbons (Fsp3) is 0.400. The van der Waals surface area contributed by atoms with Crippen LogP contribution < -0.4 is 9.46 Å². The lowest BCUT2D eigenvalue weighted by atomic mass is 10.0. The summed E-state index contributed by atoms with van der Waals surface area (Å²) in [7, 11) is -2.27. The Morgan fingerprint density at radius 2 is 1.64 bits per heavy atom. The van der Waals surface area contributed by atoms with Crippen LogP contribution >= 0.6 is 0 Å². The summed E-state index contributed by atoms with van der Waals surface area (Å²) < 4.78 is 34.3. The summed E-state index contributed by atoms with van der Waals surface area (Å²) >= 11 is 0. The number of hydrogen-bond acceptors (Lipinski definition) is 3. The van der Waals surface area contributed by atoms with E-state index in [4.69, 9.17) is 4.74 Å². The van der Waals surface area contributed by atoms with Crippen LogP contribution in [0.25, 0.3) is 0 Å². The van der Waals surface area contributed by atoms with Crippen molar-refractivity contribution >= 4 is 15.7 Å². The summed E-state index contributed by atoms with van der Waals surface area (Å²) in [6.45, 7) is 8.11. The largest absolute Gasteiger partial charge is 0.495 e. The van der Waals surface area contributed by atoms with Crippen molar-refractivity contribution in [3.63, 3.8) is 0 Å². The Hall–Kier alpha value is -2.01. The van der Waals surface area contributed by atoms with Crippen LogP contribution in [0.2, 0.25) is 0 Å². The number of sulfonamides is 1. The third-order valence-electron chi connectivity index (χ3n) is 4.38. The first-order valence-corrected chi connectivity index (χ1v) is 10.1.